The first-order chi connectivity index (χ1) is 13.9. The minimum absolute atomic E-state index is 0.0474. The predicted octanol–water partition coefficient (Wildman–Crippen LogP) is 1.31. The number of nitrogens with one attached hydrogen (secondary N) is 1. The standard InChI is InChI=1S/C20H19N3O5S/c1-28-18-5-3-2-4-17(18)23-12-21-16-10-13(6-7-15(16)20(23)25)19(24)22-14-8-9-29(26,27)11-14/h2-7,10,12,14H,8-9,11H2,1H3,(H,22,24)/t14-/m0/s1. The minimum Gasteiger partial charge on any atom is -0.495 e. The maximum absolute atomic E-state index is 12.9. The second kappa shape index (κ2) is 7.32. The molecule has 0 aliphatic carbocycles. The molecule has 1 N–H and O–H groups in total. The largest absolute Gasteiger partial charge is 0.495 e. The third-order valence-electron chi connectivity index (χ3n) is 4.93. The van der Waals surface area contributed by atoms with E-state index in [0.717, 1.165) is 0 Å². The Kier molecular flexibility index (Phi) is 4.83. The molecule has 1 atom stereocenters. The van der Waals surface area contributed by atoms with Crippen LogP contribution in [-0.4, -0.2) is 48.5 Å². The van der Waals surface area contributed by atoms with Gasteiger partial charge < -0.3 is 10.1 Å². The van der Waals surface area contributed by atoms with Crippen molar-refractivity contribution in [1.82, 2.24) is 14.9 Å². The summed E-state index contributed by atoms with van der Waals surface area (Å²) in [4.78, 5) is 29.7. The zero-order valence-electron chi connectivity index (χ0n) is 15.7. The lowest BCUT2D eigenvalue weighted by molar-refractivity contribution is 0.0941. The molecule has 29 heavy (non-hydrogen) atoms. The molecule has 0 saturated carbocycles. The first kappa shape index (κ1) is 19.1. The Morgan fingerprint density at radius 2 is 2.03 bits per heavy atom. The van der Waals surface area contributed by atoms with Crippen molar-refractivity contribution in [2.45, 2.75) is 12.5 Å². The van der Waals surface area contributed by atoms with Gasteiger partial charge in [0.25, 0.3) is 11.5 Å². The van der Waals surface area contributed by atoms with Gasteiger partial charge in [-0.3, -0.25) is 14.2 Å². The van der Waals surface area contributed by atoms with Crippen LogP contribution in [0, 0.1) is 0 Å². The molecule has 1 aromatic heterocycles. The summed E-state index contributed by atoms with van der Waals surface area (Å²) in [6.07, 6.45) is 1.80. The number of methoxy groups -OCH3 is 1. The smallest absolute Gasteiger partial charge is 0.265 e. The Hall–Kier alpha value is -3.20. The second-order valence-electron chi connectivity index (χ2n) is 6.90. The molecule has 0 radical (unpaired) electrons. The Morgan fingerprint density at radius 1 is 1.24 bits per heavy atom. The number of hydrogen-bond donors (Lipinski definition) is 1. The molecule has 8 nitrogen and oxygen atoms in total. The zero-order chi connectivity index (χ0) is 20.6. The van der Waals surface area contributed by atoms with Crippen LogP contribution in [0.15, 0.2) is 53.6 Å². The molecule has 0 unspecified atom stereocenters. The van der Waals surface area contributed by atoms with Gasteiger partial charge in [-0.2, -0.15) is 0 Å². The molecule has 1 aliphatic heterocycles. The quantitative estimate of drug-likeness (QED) is 0.691. The summed E-state index contributed by atoms with van der Waals surface area (Å²) in [6.45, 7) is 0. The number of hydrogen-bond acceptors (Lipinski definition) is 6. The van der Waals surface area contributed by atoms with E-state index < -0.39 is 15.9 Å². The topological polar surface area (TPSA) is 107 Å². The normalized spacial score (nSPS) is 17.9. The summed E-state index contributed by atoms with van der Waals surface area (Å²) >= 11 is 0. The molecule has 2 aromatic carbocycles. The number of amides is 1. The second-order valence-corrected chi connectivity index (χ2v) is 9.13. The van der Waals surface area contributed by atoms with Crippen molar-refractivity contribution in [2.24, 2.45) is 0 Å². The zero-order valence-corrected chi connectivity index (χ0v) is 16.5. The number of nitrogens with zero attached hydrogens (tertiary/aromatic N) is 2. The van der Waals surface area contributed by atoms with Gasteiger partial charge >= 0.3 is 0 Å². The van der Waals surface area contributed by atoms with Crippen LogP contribution in [0.3, 0.4) is 0 Å². The molecule has 150 valence electrons. The summed E-state index contributed by atoms with van der Waals surface area (Å²) in [6, 6.07) is 11.3. The van der Waals surface area contributed by atoms with Gasteiger partial charge in [0.05, 0.1) is 35.2 Å². The lowest BCUT2D eigenvalue weighted by Crippen LogP contribution is -2.35. The first-order valence-electron chi connectivity index (χ1n) is 9.04. The fourth-order valence-corrected chi connectivity index (χ4v) is 5.11. The van der Waals surface area contributed by atoms with Gasteiger partial charge in [-0.05, 0) is 36.8 Å². The number of sulfone groups is 1. The highest BCUT2D eigenvalue weighted by molar-refractivity contribution is 7.91. The summed E-state index contributed by atoms with van der Waals surface area (Å²) in [5.41, 5.74) is 0.989. The number of para-hydroxylation sites is 2. The number of carbonyl (C=O) groups excluding carboxylic acids is 1. The SMILES string of the molecule is COc1ccccc1-n1cnc2cc(C(=O)N[C@H]3CCS(=O)(=O)C3)ccc2c1=O. The van der Waals surface area contributed by atoms with Crippen molar-refractivity contribution in [2.75, 3.05) is 18.6 Å². The van der Waals surface area contributed by atoms with Crippen LogP contribution in [0.25, 0.3) is 16.6 Å². The van der Waals surface area contributed by atoms with Gasteiger partial charge in [-0.1, -0.05) is 12.1 Å². The van der Waals surface area contributed by atoms with Crippen molar-refractivity contribution < 1.29 is 17.9 Å². The summed E-state index contributed by atoms with van der Waals surface area (Å²) in [5, 5.41) is 3.10. The molecule has 2 heterocycles. The maximum atomic E-state index is 12.9. The fraction of sp³-hybridized carbons (Fsp3) is 0.250. The van der Waals surface area contributed by atoms with Gasteiger partial charge in [0.1, 0.15) is 12.1 Å². The minimum atomic E-state index is -3.08. The molecule has 1 aliphatic rings. The Balaban J connectivity index is 1.66. The van der Waals surface area contributed by atoms with E-state index in [1.807, 2.05) is 6.07 Å². The number of benzene rings is 2. The molecule has 4 rings (SSSR count). The van der Waals surface area contributed by atoms with Crippen LogP contribution >= 0.6 is 0 Å². The van der Waals surface area contributed by atoms with E-state index in [4.69, 9.17) is 4.74 Å². The van der Waals surface area contributed by atoms with Crippen LogP contribution in [0.4, 0.5) is 0 Å². The summed E-state index contributed by atoms with van der Waals surface area (Å²) in [7, 11) is -1.56. The molecule has 1 saturated heterocycles. The highest BCUT2D eigenvalue weighted by Crippen LogP contribution is 2.21. The number of carbonyl (C=O) groups is 1. The number of ether oxygens (including phenoxy) is 1. The monoisotopic (exact) mass is 413 g/mol. The predicted molar refractivity (Wildman–Crippen MR) is 108 cm³/mol. The van der Waals surface area contributed by atoms with Crippen molar-refractivity contribution in [3.8, 4) is 11.4 Å². The molecule has 1 fully saturated rings. The first-order valence-corrected chi connectivity index (χ1v) is 10.9. The Morgan fingerprint density at radius 3 is 2.76 bits per heavy atom. The fourth-order valence-electron chi connectivity index (χ4n) is 3.44. The number of aromatic nitrogens is 2. The van der Waals surface area contributed by atoms with Gasteiger partial charge in [-0.25, -0.2) is 13.4 Å². The van der Waals surface area contributed by atoms with E-state index in [0.29, 0.717) is 34.3 Å². The van der Waals surface area contributed by atoms with Gasteiger partial charge in [0, 0.05) is 11.6 Å². The van der Waals surface area contributed by atoms with Crippen LogP contribution in [0.5, 0.6) is 5.75 Å². The molecule has 1 amide bonds. The van der Waals surface area contributed by atoms with Crippen molar-refractivity contribution >= 4 is 26.6 Å². The van der Waals surface area contributed by atoms with Crippen molar-refractivity contribution in [3.05, 3.63) is 64.7 Å². The van der Waals surface area contributed by atoms with Gasteiger partial charge in [0.15, 0.2) is 9.84 Å². The van der Waals surface area contributed by atoms with E-state index in [2.05, 4.69) is 10.3 Å². The third-order valence-corrected chi connectivity index (χ3v) is 6.70. The van der Waals surface area contributed by atoms with E-state index in [9.17, 15) is 18.0 Å². The Labute approximate surface area is 167 Å². The third kappa shape index (κ3) is 3.73. The molecule has 0 bridgehead atoms. The summed E-state index contributed by atoms with van der Waals surface area (Å²) in [5.74, 6) is 0.191. The van der Waals surface area contributed by atoms with Crippen LogP contribution in [0.1, 0.15) is 16.8 Å². The average Bonchev–Trinajstić information content (AvgIpc) is 3.06. The van der Waals surface area contributed by atoms with E-state index in [-0.39, 0.29) is 23.0 Å². The van der Waals surface area contributed by atoms with Crippen LogP contribution in [0.2, 0.25) is 0 Å². The van der Waals surface area contributed by atoms with Gasteiger partial charge in [-0.15, -0.1) is 0 Å². The number of rotatable bonds is 4. The van der Waals surface area contributed by atoms with Gasteiger partial charge in [0.2, 0.25) is 0 Å². The van der Waals surface area contributed by atoms with Crippen LogP contribution < -0.4 is 15.6 Å². The summed E-state index contributed by atoms with van der Waals surface area (Å²) < 4.78 is 29.8. The Bertz CT molecular complexity index is 1270. The van der Waals surface area contributed by atoms with E-state index >= 15 is 0 Å². The molecular formula is C20H19N3O5S. The average molecular weight is 413 g/mol. The van der Waals surface area contributed by atoms with E-state index in [1.54, 1.807) is 24.3 Å². The number of fused-ring (bicyclic) bond motifs is 1. The highest BCUT2D eigenvalue weighted by Gasteiger charge is 2.29. The van der Waals surface area contributed by atoms with Crippen LogP contribution in [-0.2, 0) is 9.84 Å². The lowest BCUT2D eigenvalue weighted by atomic mass is 10.1. The van der Waals surface area contributed by atoms with Crippen molar-refractivity contribution in [3.63, 3.8) is 0 Å². The molecule has 3 aromatic rings. The maximum Gasteiger partial charge on any atom is 0.265 e. The van der Waals surface area contributed by atoms with Crippen molar-refractivity contribution in [1.29, 1.82) is 0 Å². The lowest BCUT2D eigenvalue weighted by Gasteiger charge is -2.12. The molecule has 0 spiro atoms. The van der Waals surface area contributed by atoms with E-state index in [1.165, 1.54) is 30.1 Å². The molecule has 9 heteroatoms. The molecular weight excluding hydrogens is 394 g/mol. The highest BCUT2D eigenvalue weighted by atomic mass is 32.2.